The van der Waals surface area contributed by atoms with Gasteiger partial charge < -0.3 is 5.32 Å². The first kappa shape index (κ1) is 13.8. The van der Waals surface area contributed by atoms with Crippen LogP contribution >= 0.6 is 39.3 Å². The second-order valence-corrected chi connectivity index (χ2v) is 6.00. The van der Waals surface area contributed by atoms with Gasteiger partial charge in [-0.1, -0.05) is 23.7 Å². The lowest BCUT2D eigenvalue weighted by atomic mass is 10.2. The molecular weight excluding hydrogens is 330 g/mol. The Balaban J connectivity index is 2.04. The lowest BCUT2D eigenvalue weighted by Gasteiger charge is -2.09. The average molecular weight is 343 g/mol. The van der Waals surface area contributed by atoms with Gasteiger partial charge in [-0.25, -0.2) is 0 Å². The maximum atomic E-state index is 5.97. The zero-order valence-electron chi connectivity index (χ0n) is 9.91. The van der Waals surface area contributed by atoms with Gasteiger partial charge in [0.1, 0.15) is 0 Å². The van der Waals surface area contributed by atoms with E-state index in [9.17, 15) is 0 Å². The van der Waals surface area contributed by atoms with Gasteiger partial charge in [0.05, 0.1) is 5.69 Å². The van der Waals surface area contributed by atoms with Crippen LogP contribution in [0.4, 0.5) is 5.69 Å². The zero-order chi connectivity index (χ0) is 13.0. The Morgan fingerprint density at radius 1 is 1.17 bits per heavy atom. The number of hydrogen-bond donors (Lipinski definition) is 1. The summed E-state index contributed by atoms with van der Waals surface area (Å²) in [6, 6.07) is 14.3. The van der Waals surface area contributed by atoms with Crippen molar-refractivity contribution in [2.75, 3.05) is 11.6 Å². The molecule has 2 rings (SSSR count). The van der Waals surface area contributed by atoms with Crippen molar-refractivity contribution in [2.24, 2.45) is 0 Å². The largest absolute Gasteiger partial charge is 0.380 e. The van der Waals surface area contributed by atoms with Crippen LogP contribution in [0.1, 0.15) is 5.56 Å². The maximum absolute atomic E-state index is 5.97. The van der Waals surface area contributed by atoms with Gasteiger partial charge in [0, 0.05) is 20.9 Å². The summed E-state index contributed by atoms with van der Waals surface area (Å²) in [5.41, 5.74) is 2.26. The summed E-state index contributed by atoms with van der Waals surface area (Å²) >= 11 is 11.2. The molecule has 0 saturated carbocycles. The first-order valence-corrected chi connectivity index (χ1v) is 7.90. The molecule has 0 unspecified atom stereocenters. The Hall–Kier alpha value is -0.640. The summed E-state index contributed by atoms with van der Waals surface area (Å²) in [6.07, 6.45) is 2.08. The van der Waals surface area contributed by atoms with E-state index in [1.807, 2.05) is 18.2 Å². The second-order valence-electron chi connectivity index (χ2n) is 3.83. The van der Waals surface area contributed by atoms with E-state index in [1.165, 1.54) is 10.5 Å². The van der Waals surface area contributed by atoms with E-state index in [0.29, 0.717) is 0 Å². The summed E-state index contributed by atoms with van der Waals surface area (Å²) in [7, 11) is 0. The highest BCUT2D eigenvalue weighted by atomic mass is 79.9. The Bertz CT molecular complexity index is 528. The third-order valence-corrected chi connectivity index (χ3v) is 4.24. The number of benzene rings is 2. The minimum Gasteiger partial charge on any atom is -0.380 e. The van der Waals surface area contributed by atoms with Crippen LogP contribution in [-0.4, -0.2) is 6.26 Å². The molecule has 0 amide bonds. The van der Waals surface area contributed by atoms with E-state index in [0.717, 1.165) is 21.7 Å². The second kappa shape index (κ2) is 6.50. The van der Waals surface area contributed by atoms with Gasteiger partial charge in [0.25, 0.3) is 0 Å². The van der Waals surface area contributed by atoms with E-state index >= 15 is 0 Å². The van der Waals surface area contributed by atoms with E-state index in [1.54, 1.807) is 11.8 Å². The molecule has 0 saturated heterocycles. The molecule has 0 aromatic heterocycles. The van der Waals surface area contributed by atoms with Gasteiger partial charge in [-0.05, 0) is 58.1 Å². The van der Waals surface area contributed by atoms with Crippen molar-refractivity contribution in [3.63, 3.8) is 0 Å². The molecule has 0 fully saturated rings. The predicted molar refractivity (Wildman–Crippen MR) is 84.7 cm³/mol. The van der Waals surface area contributed by atoms with Gasteiger partial charge in [-0.15, -0.1) is 11.8 Å². The van der Waals surface area contributed by atoms with Crippen molar-refractivity contribution in [1.29, 1.82) is 0 Å². The maximum Gasteiger partial charge on any atom is 0.0502 e. The van der Waals surface area contributed by atoms with E-state index in [-0.39, 0.29) is 0 Å². The normalized spacial score (nSPS) is 10.4. The third kappa shape index (κ3) is 3.67. The molecule has 2 aromatic rings. The van der Waals surface area contributed by atoms with E-state index in [4.69, 9.17) is 11.6 Å². The Kier molecular flexibility index (Phi) is 4.98. The number of rotatable bonds is 4. The lowest BCUT2D eigenvalue weighted by Crippen LogP contribution is -1.99. The lowest BCUT2D eigenvalue weighted by molar-refractivity contribution is 1.14. The fourth-order valence-electron chi connectivity index (χ4n) is 1.57. The van der Waals surface area contributed by atoms with Crippen LogP contribution < -0.4 is 5.32 Å². The van der Waals surface area contributed by atoms with Gasteiger partial charge in [-0.2, -0.15) is 0 Å². The molecule has 1 nitrogen and oxygen atoms in total. The molecule has 2 aromatic carbocycles. The summed E-state index contributed by atoms with van der Waals surface area (Å²) in [6.45, 7) is 0.785. The van der Waals surface area contributed by atoms with Crippen molar-refractivity contribution in [2.45, 2.75) is 11.4 Å². The molecular formula is C14H13BrClNS. The van der Waals surface area contributed by atoms with Gasteiger partial charge in [0.2, 0.25) is 0 Å². The smallest absolute Gasteiger partial charge is 0.0502 e. The monoisotopic (exact) mass is 341 g/mol. The molecule has 0 atom stereocenters. The highest BCUT2D eigenvalue weighted by Crippen LogP contribution is 2.26. The minimum absolute atomic E-state index is 0.735. The molecule has 1 N–H and O–H groups in total. The fourth-order valence-corrected chi connectivity index (χ4v) is 2.54. The van der Waals surface area contributed by atoms with Crippen molar-refractivity contribution in [3.8, 4) is 0 Å². The molecule has 0 heterocycles. The molecule has 0 spiro atoms. The summed E-state index contributed by atoms with van der Waals surface area (Å²) in [5.74, 6) is 0. The first-order chi connectivity index (χ1) is 8.69. The highest BCUT2D eigenvalue weighted by molar-refractivity contribution is 9.10. The molecule has 0 aliphatic rings. The number of hydrogen-bond acceptors (Lipinski definition) is 2. The zero-order valence-corrected chi connectivity index (χ0v) is 13.1. The number of nitrogens with one attached hydrogen (secondary N) is 1. The number of halogens is 2. The summed E-state index contributed by atoms with van der Waals surface area (Å²) in [4.78, 5) is 1.28. The highest BCUT2D eigenvalue weighted by Gasteiger charge is 2.00. The first-order valence-electron chi connectivity index (χ1n) is 5.51. The summed E-state index contributed by atoms with van der Waals surface area (Å²) in [5, 5.41) is 4.10. The predicted octanol–water partition coefficient (Wildman–Crippen LogP) is 5.44. The van der Waals surface area contributed by atoms with Crippen LogP contribution in [0.5, 0.6) is 0 Å². The molecule has 94 valence electrons. The van der Waals surface area contributed by atoms with Crippen molar-refractivity contribution >= 4 is 45.0 Å². The van der Waals surface area contributed by atoms with Crippen LogP contribution in [0.25, 0.3) is 0 Å². The molecule has 0 bridgehead atoms. The van der Waals surface area contributed by atoms with Crippen LogP contribution in [-0.2, 0) is 6.54 Å². The number of anilines is 1. The van der Waals surface area contributed by atoms with Crippen molar-refractivity contribution in [3.05, 3.63) is 57.5 Å². The van der Waals surface area contributed by atoms with Crippen molar-refractivity contribution < 1.29 is 0 Å². The molecule has 4 heteroatoms. The summed E-state index contributed by atoms with van der Waals surface area (Å²) < 4.78 is 1.02. The third-order valence-electron chi connectivity index (χ3n) is 2.57. The molecule has 0 aliphatic heterocycles. The van der Waals surface area contributed by atoms with E-state index in [2.05, 4.69) is 51.8 Å². The molecule has 18 heavy (non-hydrogen) atoms. The van der Waals surface area contributed by atoms with Gasteiger partial charge in [-0.3, -0.25) is 0 Å². The fraction of sp³-hybridized carbons (Fsp3) is 0.143. The topological polar surface area (TPSA) is 12.0 Å². The van der Waals surface area contributed by atoms with Crippen LogP contribution in [0, 0.1) is 0 Å². The Morgan fingerprint density at radius 3 is 2.56 bits per heavy atom. The standard InChI is InChI=1S/C14H13BrClNS/c1-18-12-5-2-10(3-6-12)9-17-14-8-11(16)4-7-13(14)15/h2-8,17H,9H2,1H3. The number of thioether (sulfide) groups is 1. The van der Waals surface area contributed by atoms with Crippen LogP contribution in [0.2, 0.25) is 5.02 Å². The molecule has 0 aliphatic carbocycles. The van der Waals surface area contributed by atoms with Crippen molar-refractivity contribution in [1.82, 2.24) is 0 Å². The van der Waals surface area contributed by atoms with Crippen LogP contribution in [0.15, 0.2) is 51.8 Å². The van der Waals surface area contributed by atoms with E-state index < -0.39 is 0 Å². The van der Waals surface area contributed by atoms with Crippen LogP contribution in [0.3, 0.4) is 0 Å². The quantitative estimate of drug-likeness (QED) is 0.743. The van der Waals surface area contributed by atoms with Gasteiger partial charge >= 0.3 is 0 Å². The van der Waals surface area contributed by atoms with Gasteiger partial charge in [0.15, 0.2) is 0 Å². The molecule has 0 radical (unpaired) electrons. The minimum atomic E-state index is 0.735. The Labute approximate surface area is 125 Å². The Morgan fingerprint density at radius 2 is 1.89 bits per heavy atom. The average Bonchev–Trinajstić information content (AvgIpc) is 2.40. The SMILES string of the molecule is CSc1ccc(CNc2cc(Cl)ccc2Br)cc1.